The van der Waals surface area contributed by atoms with Gasteiger partial charge < -0.3 is 4.74 Å². The van der Waals surface area contributed by atoms with Crippen molar-refractivity contribution in [2.45, 2.75) is 40.0 Å². The van der Waals surface area contributed by atoms with Crippen LogP contribution in [-0.4, -0.2) is 12.6 Å². The first-order chi connectivity index (χ1) is 11.7. The van der Waals surface area contributed by atoms with Crippen molar-refractivity contribution in [1.29, 1.82) is 0 Å². The Balaban J connectivity index is 2.13. The summed E-state index contributed by atoms with van der Waals surface area (Å²) in [6.07, 6.45) is 4.34. The molecule has 0 saturated carbocycles. The summed E-state index contributed by atoms with van der Waals surface area (Å²) in [5.41, 5.74) is 3.42. The Labute approximate surface area is 151 Å². The normalized spacial score (nSPS) is 12.4. The third-order valence-electron chi connectivity index (χ3n) is 4.33. The third kappa shape index (κ3) is 5.60. The smallest absolute Gasteiger partial charge is 0.302 e. The maximum absolute atomic E-state index is 11.0. The van der Waals surface area contributed by atoms with Crippen LogP contribution in [0.4, 0.5) is 0 Å². The number of ether oxygens (including phenoxy) is 1. The summed E-state index contributed by atoms with van der Waals surface area (Å²) >= 11 is 0. The third-order valence-corrected chi connectivity index (χ3v) is 4.33. The van der Waals surface area contributed by atoms with Crippen molar-refractivity contribution in [3.63, 3.8) is 0 Å². The lowest BCUT2D eigenvalue weighted by Gasteiger charge is -2.25. The Kier molecular flexibility index (Phi) is 5.84. The second-order valence-electron chi connectivity index (χ2n) is 7.77. The van der Waals surface area contributed by atoms with Gasteiger partial charge in [-0.3, -0.25) is 4.79 Å². The first kappa shape index (κ1) is 19.0. The molecule has 0 fully saturated rings. The van der Waals surface area contributed by atoms with Crippen LogP contribution in [0, 0.1) is 5.41 Å². The maximum atomic E-state index is 11.0. The molecular weight excluding hydrogens is 308 g/mol. The summed E-state index contributed by atoms with van der Waals surface area (Å²) in [4.78, 5) is 11.0. The van der Waals surface area contributed by atoms with Gasteiger partial charge in [-0.2, -0.15) is 0 Å². The quantitative estimate of drug-likeness (QED) is 0.494. The molecule has 2 rings (SSSR count). The molecule has 0 aliphatic heterocycles. The predicted octanol–water partition coefficient (Wildman–Crippen LogP) is 5.78. The van der Waals surface area contributed by atoms with Crippen LogP contribution >= 0.6 is 0 Å². The van der Waals surface area contributed by atoms with Crippen molar-refractivity contribution in [3.05, 3.63) is 72.3 Å². The number of allylic oxidation sites excluding steroid dienone is 1. The van der Waals surface area contributed by atoms with Crippen LogP contribution in [0.5, 0.6) is 0 Å². The molecule has 25 heavy (non-hydrogen) atoms. The number of carbonyl (C=O) groups is 1. The van der Waals surface area contributed by atoms with E-state index in [-0.39, 0.29) is 16.8 Å². The molecule has 0 amide bonds. The molecule has 132 valence electrons. The highest BCUT2D eigenvalue weighted by Gasteiger charge is 2.21. The minimum Gasteiger partial charge on any atom is -0.465 e. The second-order valence-corrected chi connectivity index (χ2v) is 7.77. The van der Waals surface area contributed by atoms with E-state index in [1.165, 1.54) is 23.6 Å². The van der Waals surface area contributed by atoms with E-state index in [4.69, 9.17) is 4.74 Å². The molecule has 0 aliphatic carbocycles. The Morgan fingerprint density at radius 2 is 1.44 bits per heavy atom. The van der Waals surface area contributed by atoms with Crippen LogP contribution in [0.15, 0.2) is 66.7 Å². The highest BCUT2D eigenvalue weighted by molar-refractivity contribution is 5.66. The molecule has 0 aliphatic rings. The van der Waals surface area contributed by atoms with Gasteiger partial charge in [-0.1, -0.05) is 94.4 Å². The summed E-state index contributed by atoms with van der Waals surface area (Å²) in [6, 6.07) is 19.1. The highest BCUT2D eigenvalue weighted by atomic mass is 16.5. The summed E-state index contributed by atoms with van der Waals surface area (Å²) in [6.45, 7) is 10.4. The molecule has 0 N–H and O–H groups in total. The van der Waals surface area contributed by atoms with Crippen LogP contribution in [0.2, 0.25) is 0 Å². The van der Waals surface area contributed by atoms with E-state index in [2.05, 4.69) is 88.4 Å². The fourth-order valence-corrected chi connectivity index (χ4v) is 2.59. The fourth-order valence-electron chi connectivity index (χ4n) is 2.59. The van der Waals surface area contributed by atoms with Crippen molar-refractivity contribution in [2.24, 2.45) is 5.41 Å². The Bertz CT molecular complexity index is 722. The molecule has 2 aromatic carbocycles. The zero-order valence-electron chi connectivity index (χ0n) is 15.9. The van der Waals surface area contributed by atoms with Crippen molar-refractivity contribution in [3.8, 4) is 11.1 Å². The fraction of sp³-hybridized carbons (Fsp3) is 0.348. The van der Waals surface area contributed by atoms with E-state index in [0.717, 1.165) is 0 Å². The van der Waals surface area contributed by atoms with Crippen LogP contribution in [0.25, 0.3) is 11.1 Å². The SMILES string of the molecule is CC(=O)OCC(C)(C)/C=C/C(C)(C)c1ccc(-c2ccccc2)cc1. The van der Waals surface area contributed by atoms with Gasteiger partial charge in [0.1, 0.15) is 0 Å². The summed E-state index contributed by atoms with van der Waals surface area (Å²) < 4.78 is 5.15. The number of hydrogen-bond donors (Lipinski definition) is 0. The van der Waals surface area contributed by atoms with Gasteiger partial charge in [0, 0.05) is 17.8 Å². The second kappa shape index (κ2) is 7.69. The van der Waals surface area contributed by atoms with Crippen molar-refractivity contribution < 1.29 is 9.53 Å². The minimum absolute atomic E-state index is 0.0945. The molecule has 0 heterocycles. The van der Waals surface area contributed by atoms with Crippen molar-refractivity contribution >= 4 is 5.97 Å². The molecule has 0 spiro atoms. The Morgan fingerprint density at radius 1 is 0.880 bits per heavy atom. The number of esters is 1. The lowest BCUT2D eigenvalue weighted by Crippen LogP contribution is -2.21. The lowest BCUT2D eigenvalue weighted by atomic mass is 9.81. The van der Waals surface area contributed by atoms with Crippen LogP contribution in [0.1, 0.15) is 40.2 Å². The van der Waals surface area contributed by atoms with Crippen LogP contribution < -0.4 is 0 Å². The maximum Gasteiger partial charge on any atom is 0.302 e. The van der Waals surface area contributed by atoms with Gasteiger partial charge in [0.2, 0.25) is 0 Å². The first-order valence-corrected chi connectivity index (χ1v) is 8.69. The molecule has 0 bridgehead atoms. The standard InChI is InChI=1S/C23H28O2/c1-18(24)25-17-22(2,3)15-16-23(4,5)21-13-11-20(12-14-21)19-9-7-6-8-10-19/h6-16H,17H2,1-5H3/b16-15+. The molecule has 2 aromatic rings. The molecule has 0 radical (unpaired) electrons. The first-order valence-electron chi connectivity index (χ1n) is 8.69. The van der Waals surface area contributed by atoms with Crippen LogP contribution in [-0.2, 0) is 14.9 Å². The van der Waals surface area contributed by atoms with Crippen molar-refractivity contribution in [2.75, 3.05) is 6.61 Å². The molecule has 2 nitrogen and oxygen atoms in total. The zero-order chi connectivity index (χ0) is 18.5. The number of hydrogen-bond acceptors (Lipinski definition) is 2. The summed E-state index contributed by atoms with van der Waals surface area (Å²) in [5.74, 6) is -0.239. The van der Waals surface area contributed by atoms with E-state index in [9.17, 15) is 4.79 Å². The molecule has 2 heteroatoms. The molecule has 0 atom stereocenters. The van der Waals surface area contributed by atoms with Gasteiger partial charge in [-0.25, -0.2) is 0 Å². The number of rotatable bonds is 6. The molecule has 0 aromatic heterocycles. The van der Waals surface area contributed by atoms with E-state index in [1.54, 1.807) is 0 Å². The topological polar surface area (TPSA) is 26.3 Å². The molecular formula is C23H28O2. The highest BCUT2D eigenvalue weighted by Crippen LogP contribution is 2.30. The summed E-state index contributed by atoms with van der Waals surface area (Å²) in [7, 11) is 0. The van der Waals surface area contributed by atoms with Gasteiger partial charge in [0.15, 0.2) is 0 Å². The van der Waals surface area contributed by atoms with E-state index in [0.29, 0.717) is 6.61 Å². The largest absolute Gasteiger partial charge is 0.465 e. The zero-order valence-corrected chi connectivity index (χ0v) is 15.9. The average molecular weight is 336 g/mol. The van der Waals surface area contributed by atoms with Gasteiger partial charge in [-0.15, -0.1) is 0 Å². The van der Waals surface area contributed by atoms with Crippen LogP contribution in [0.3, 0.4) is 0 Å². The summed E-state index contributed by atoms with van der Waals surface area (Å²) in [5, 5.41) is 0. The van der Waals surface area contributed by atoms with E-state index < -0.39 is 0 Å². The van der Waals surface area contributed by atoms with E-state index in [1.807, 2.05) is 6.07 Å². The average Bonchev–Trinajstić information content (AvgIpc) is 2.60. The van der Waals surface area contributed by atoms with E-state index >= 15 is 0 Å². The van der Waals surface area contributed by atoms with Gasteiger partial charge >= 0.3 is 5.97 Å². The van der Waals surface area contributed by atoms with Gasteiger partial charge in [0.05, 0.1) is 6.61 Å². The van der Waals surface area contributed by atoms with Crippen molar-refractivity contribution in [1.82, 2.24) is 0 Å². The molecule has 0 unspecified atom stereocenters. The molecule has 0 saturated heterocycles. The number of carbonyl (C=O) groups excluding carboxylic acids is 1. The predicted molar refractivity (Wildman–Crippen MR) is 104 cm³/mol. The Morgan fingerprint density at radius 3 is 2.00 bits per heavy atom. The number of benzene rings is 2. The minimum atomic E-state index is -0.239. The van der Waals surface area contributed by atoms with Gasteiger partial charge in [0.25, 0.3) is 0 Å². The lowest BCUT2D eigenvalue weighted by molar-refractivity contribution is -0.143. The van der Waals surface area contributed by atoms with Gasteiger partial charge in [-0.05, 0) is 16.7 Å². The monoisotopic (exact) mass is 336 g/mol. The Hall–Kier alpha value is -2.35.